The number of carboxylic acid groups (broad SMARTS) is 1. The van der Waals surface area contributed by atoms with Gasteiger partial charge in [-0.2, -0.15) is 0 Å². The quantitative estimate of drug-likeness (QED) is 0.771. The smallest absolute Gasteiger partial charge is 0.325 e. The van der Waals surface area contributed by atoms with Crippen molar-refractivity contribution in [2.24, 2.45) is 11.3 Å². The van der Waals surface area contributed by atoms with Crippen LogP contribution in [0.5, 0.6) is 0 Å². The number of nitrogens with zero attached hydrogens (tertiary/aromatic N) is 1. The van der Waals surface area contributed by atoms with Gasteiger partial charge in [0.25, 0.3) is 0 Å². The monoisotopic (exact) mass is 242 g/mol. The van der Waals surface area contributed by atoms with E-state index in [2.05, 4.69) is 26.1 Å². The second-order valence-electron chi connectivity index (χ2n) is 5.81. The second kappa shape index (κ2) is 4.94. The van der Waals surface area contributed by atoms with Crippen molar-refractivity contribution in [3.8, 4) is 0 Å². The topological polar surface area (TPSA) is 69.6 Å². The molecular formula is C12H22N2O3. The molecule has 2 N–H and O–H groups in total. The number of likely N-dealkylation sites (tertiary alicyclic amines) is 1. The Hall–Kier alpha value is -1.26. The van der Waals surface area contributed by atoms with Crippen LogP contribution >= 0.6 is 0 Å². The van der Waals surface area contributed by atoms with E-state index in [1.807, 2.05) is 0 Å². The molecule has 5 heteroatoms. The number of amides is 2. The maximum Gasteiger partial charge on any atom is 0.325 e. The fourth-order valence-electron chi connectivity index (χ4n) is 1.99. The van der Waals surface area contributed by atoms with Gasteiger partial charge in [-0.25, -0.2) is 4.79 Å². The first-order valence-electron chi connectivity index (χ1n) is 6.00. The van der Waals surface area contributed by atoms with E-state index in [0.717, 1.165) is 6.42 Å². The first-order valence-corrected chi connectivity index (χ1v) is 6.00. The Bertz CT molecular complexity index is 309. The Morgan fingerprint density at radius 3 is 2.41 bits per heavy atom. The summed E-state index contributed by atoms with van der Waals surface area (Å²) in [6.45, 7) is 9.39. The van der Waals surface area contributed by atoms with Gasteiger partial charge in [-0.15, -0.1) is 0 Å². The summed E-state index contributed by atoms with van der Waals surface area (Å²) in [6.07, 6.45) is 0.984. The number of carbonyl (C=O) groups is 2. The lowest BCUT2D eigenvalue weighted by Crippen LogP contribution is -2.46. The van der Waals surface area contributed by atoms with Crippen LogP contribution in [0.4, 0.5) is 4.79 Å². The summed E-state index contributed by atoms with van der Waals surface area (Å²) in [4.78, 5) is 24.1. The minimum atomic E-state index is -1.01. The molecule has 1 fully saturated rings. The van der Waals surface area contributed by atoms with Gasteiger partial charge in [0.2, 0.25) is 0 Å². The van der Waals surface area contributed by atoms with E-state index < -0.39 is 12.0 Å². The highest BCUT2D eigenvalue weighted by molar-refractivity contribution is 5.82. The van der Waals surface area contributed by atoms with Crippen LogP contribution in [0.15, 0.2) is 0 Å². The van der Waals surface area contributed by atoms with Crippen LogP contribution in [-0.4, -0.2) is 41.1 Å². The molecule has 0 aliphatic carbocycles. The number of aliphatic carboxylic acids is 1. The van der Waals surface area contributed by atoms with E-state index in [-0.39, 0.29) is 11.4 Å². The number of urea groups is 1. The lowest BCUT2D eigenvalue weighted by atomic mass is 9.80. The Balaban J connectivity index is 2.49. The lowest BCUT2D eigenvalue weighted by Gasteiger charge is -2.27. The molecule has 17 heavy (non-hydrogen) atoms. The van der Waals surface area contributed by atoms with Gasteiger partial charge in [0.1, 0.15) is 6.04 Å². The summed E-state index contributed by atoms with van der Waals surface area (Å²) >= 11 is 0. The highest BCUT2D eigenvalue weighted by atomic mass is 16.4. The first kappa shape index (κ1) is 13.8. The molecule has 1 aliphatic heterocycles. The summed E-state index contributed by atoms with van der Waals surface area (Å²) < 4.78 is 0. The molecule has 1 aliphatic rings. The molecular weight excluding hydrogens is 220 g/mol. The molecule has 2 atom stereocenters. The van der Waals surface area contributed by atoms with Crippen LogP contribution in [0, 0.1) is 11.3 Å². The maximum absolute atomic E-state index is 11.8. The molecule has 0 saturated carbocycles. The lowest BCUT2D eigenvalue weighted by molar-refractivity contribution is -0.138. The van der Waals surface area contributed by atoms with Crippen molar-refractivity contribution in [1.82, 2.24) is 10.2 Å². The number of rotatable bonds is 2. The van der Waals surface area contributed by atoms with Gasteiger partial charge in [-0.05, 0) is 24.7 Å². The third-order valence-corrected chi connectivity index (χ3v) is 3.41. The van der Waals surface area contributed by atoms with Gasteiger partial charge >= 0.3 is 12.0 Å². The molecule has 0 bridgehead atoms. The molecule has 0 radical (unpaired) electrons. The Kier molecular flexibility index (Phi) is 4.01. The van der Waals surface area contributed by atoms with Gasteiger partial charge in [0, 0.05) is 13.1 Å². The van der Waals surface area contributed by atoms with Crippen molar-refractivity contribution in [2.45, 2.75) is 40.2 Å². The van der Waals surface area contributed by atoms with Gasteiger partial charge in [-0.3, -0.25) is 4.79 Å². The molecule has 0 aromatic carbocycles. The molecule has 1 rings (SSSR count). The van der Waals surface area contributed by atoms with E-state index in [1.54, 1.807) is 4.90 Å². The summed E-state index contributed by atoms with van der Waals surface area (Å²) in [5, 5.41) is 11.2. The number of carboxylic acids is 1. The van der Waals surface area contributed by atoms with Crippen LogP contribution in [0.25, 0.3) is 0 Å². The van der Waals surface area contributed by atoms with E-state index in [4.69, 9.17) is 5.11 Å². The molecule has 0 aromatic heterocycles. The van der Waals surface area contributed by atoms with E-state index in [9.17, 15) is 9.59 Å². The van der Waals surface area contributed by atoms with Crippen molar-refractivity contribution in [2.75, 3.05) is 13.1 Å². The van der Waals surface area contributed by atoms with Crippen LogP contribution in [-0.2, 0) is 4.79 Å². The average molecular weight is 242 g/mol. The third kappa shape index (κ3) is 3.61. The van der Waals surface area contributed by atoms with Crippen molar-refractivity contribution in [1.29, 1.82) is 0 Å². The number of hydrogen-bond acceptors (Lipinski definition) is 2. The molecule has 0 aromatic rings. The summed E-state index contributed by atoms with van der Waals surface area (Å²) in [6, 6.07) is -1.11. The first-order chi connectivity index (χ1) is 7.71. The van der Waals surface area contributed by atoms with E-state index >= 15 is 0 Å². The predicted octanol–water partition coefficient (Wildman–Crippen LogP) is 1.54. The zero-order chi connectivity index (χ0) is 13.2. The number of hydrogen-bond donors (Lipinski definition) is 2. The van der Waals surface area contributed by atoms with Gasteiger partial charge in [0.15, 0.2) is 0 Å². The highest BCUT2D eigenvalue weighted by Gasteiger charge is 2.34. The third-order valence-electron chi connectivity index (χ3n) is 3.41. The van der Waals surface area contributed by atoms with Crippen molar-refractivity contribution in [3.63, 3.8) is 0 Å². The normalized spacial score (nSPS) is 22.4. The van der Waals surface area contributed by atoms with Gasteiger partial charge in [-0.1, -0.05) is 20.8 Å². The SMILES string of the molecule is C[C@H](NC(=O)N1CCC(C(C)(C)C)C1)C(=O)O. The zero-order valence-electron chi connectivity index (χ0n) is 11.0. The van der Waals surface area contributed by atoms with Crippen molar-refractivity contribution in [3.05, 3.63) is 0 Å². The molecule has 2 amide bonds. The maximum atomic E-state index is 11.8. The summed E-state index contributed by atoms with van der Waals surface area (Å²) in [7, 11) is 0. The number of nitrogens with one attached hydrogen (secondary N) is 1. The number of carbonyl (C=O) groups excluding carboxylic acids is 1. The van der Waals surface area contributed by atoms with E-state index in [1.165, 1.54) is 6.92 Å². The Morgan fingerprint density at radius 1 is 1.41 bits per heavy atom. The van der Waals surface area contributed by atoms with E-state index in [0.29, 0.717) is 19.0 Å². The Labute approximate surface area is 102 Å². The standard InChI is InChI=1S/C12H22N2O3/c1-8(10(15)16)13-11(17)14-6-5-9(7-14)12(2,3)4/h8-9H,5-7H2,1-4H3,(H,13,17)(H,15,16)/t8-,9?/m0/s1. The Morgan fingerprint density at radius 2 is 2.00 bits per heavy atom. The molecule has 1 heterocycles. The fraction of sp³-hybridized carbons (Fsp3) is 0.833. The van der Waals surface area contributed by atoms with Gasteiger partial charge in [0.05, 0.1) is 0 Å². The molecule has 1 saturated heterocycles. The van der Waals surface area contributed by atoms with Crippen LogP contribution in [0.2, 0.25) is 0 Å². The molecule has 0 spiro atoms. The largest absolute Gasteiger partial charge is 0.480 e. The fourth-order valence-corrected chi connectivity index (χ4v) is 1.99. The molecule has 5 nitrogen and oxygen atoms in total. The van der Waals surface area contributed by atoms with Crippen LogP contribution in [0.3, 0.4) is 0 Å². The summed E-state index contributed by atoms with van der Waals surface area (Å²) in [5.41, 5.74) is 0.188. The highest BCUT2D eigenvalue weighted by Crippen LogP contribution is 2.33. The van der Waals surface area contributed by atoms with Gasteiger partial charge < -0.3 is 15.3 Å². The molecule has 1 unspecified atom stereocenters. The van der Waals surface area contributed by atoms with Crippen molar-refractivity contribution >= 4 is 12.0 Å². The minimum Gasteiger partial charge on any atom is -0.480 e. The molecule has 98 valence electrons. The predicted molar refractivity (Wildman–Crippen MR) is 64.8 cm³/mol. The average Bonchev–Trinajstić information content (AvgIpc) is 2.65. The zero-order valence-corrected chi connectivity index (χ0v) is 11.0. The van der Waals surface area contributed by atoms with Crippen LogP contribution < -0.4 is 5.32 Å². The second-order valence-corrected chi connectivity index (χ2v) is 5.81. The minimum absolute atomic E-state index is 0.188. The van der Waals surface area contributed by atoms with Crippen molar-refractivity contribution < 1.29 is 14.7 Å². The van der Waals surface area contributed by atoms with Crippen LogP contribution in [0.1, 0.15) is 34.1 Å². The summed E-state index contributed by atoms with van der Waals surface area (Å²) in [5.74, 6) is -0.529.